The first-order chi connectivity index (χ1) is 37.6. The maximum atomic E-state index is 9.39. The van der Waals surface area contributed by atoms with Crippen molar-refractivity contribution >= 4 is 32.8 Å². The Morgan fingerprint density at radius 2 is 1.31 bits per heavy atom. The number of hydrogen-bond donors (Lipinski definition) is 0. The average molecular weight is 881 g/mol. The highest BCUT2D eigenvalue weighted by Crippen LogP contribution is 2.39. The summed E-state index contributed by atoms with van der Waals surface area (Å²) in [6.45, 7) is 10.3. The monoisotopic (exact) mass is 880 g/mol. The van der Waals surface area contributed by atoms with Gasteiger partial charge in [-0.25, -0.2) is 4.98 Å². The van der Waals surface area contributed by atoms with Crippen molar-refractivity contribution in [1.29, 1.82) is 0 Å². The van der Waals surface area contributed by atoms with E-state index in [1.54, 1.807) is 33.5 Å². The van der Waals surface area contributed by atoms with E-state index in [9.17, 15) is 2.74 Å². The van der Waals surface area contributed by atoms with E-state index in [2.05, 4.69) is 49.9 Å². The van der Waals surface area contributed by atoms with Crippen molar-refractivity contribution < 1.29 is 25.8 Å². The molecule has 0 amide bonds. The molecule has 0 aliphatic carbocycles. The molecule has 5 heteroatoms. The lowest BCUT2D eigenvalue weighted by Crippen LogP contribution is -2.31. The summed E-state index contributed by atoms with van der Waals surface area (Å²) in [5.74, 6) is 1.18. The fourth-order valence-electron chi connectivity index (χ4n) is 8.82. The van der Waals surface area contributed by atoms with Crippen LogP contribution in [0.4, 0.5) is 0 Å². The molecule has 0 fully saturated rings. The molecule has 0 spiro atoms. The van der Waals surface area contributed by atoms with E-state index >= 15 is 0 Å². The normalized spacial score (nSPS) is 14.6. The van der Waals surface area contributed by atoms with E-state index in [-0.39, 0.29) is 39.3 Å². The Hall–Kier alpha value is -8.02. The van der Waals surface area contributed by atoms with Gasteiger partial charge in [0.1, 0.15) is 17.3 Å². The van der Waals surface area contributed by atoms with Gasteiger partial charge < -0.3 is 4.74 Å². The van der Waals surface area contributed by atoms with Crippen molar-refractivity contribution in [2.75, 3.05) is 0 Å². The quantitative estimate of drug-likeness (QED) is 0.101. The first kappa shape index (κ1) is 30.2. The van der Waals surface area contributed by atoms with E-state index in [4.69, 9.17) is 23.4 Å². The highest BCUT2D eigenvalue weighted by atomic mass is 16.5. The summed E-state index contributed by atoms with van der Waals surface area (Å²) in [6, 6.07) is 38.1. The minimum absolute atomic E-state index is 0.141. The van der Waals surface area contributed by atoms with Crippen LogP contribution in [0.1, 0.15) is 62.2 Å². The van der Waals surface area contributed by atoms with Gasteiger partial charge in [0, 0.05) is 31.3 Å². The first-order valence-electron chi connectivity index (χ1n) is 28.2. The lowest BCUT2D eigenvalue weighted by molar-refractivity contribution is -0.571. The number of aromatic nitrogens is 4. The molecule has 0 saturated heterocycles. The summed E-state index contributed by atoms with van der Waals surface area (Å²) >= 11 is 0. The highest BCUT2D eigenvalue weighted by molar-refractivity contribution is 6.10. The third-order valence-electron chi connectivity index (χ3n) is 11.9. The van der Waals surface area contributed by atoms with Crippen molar-refractivity contribution in [3.05, 3.63) is 224 Å². The number of rotatable bonds is 10. The van der Waals surface area contributed by atoms with Crippen molar-refractivity contribution in [3.63, 3.8) is 0 Å². The van der Waals surface area contributed by atoms with Gasteiger partial charge in [-0.3, -0.25) is 13.7 Å². The molecule has 0 aliphatic rings. The van der Waals surface area contributed by atoms with E-state index in [1.165, 1.54) is 0 Å². The van der Waals surface area contributed by atoms with Crippen LogP contribution in [0.5, 0.6) is 11.5 Å². The van der Waals surface area contributed by atoms with Gasteiger partial charge >= 0.3 is 0 Å². The molecule has 0 radical (unpaired) electrons. The smallest absolute Gasteiger partial charge is 0.269 e. The first-order valence-corrected chi connectivity index (χ1v) is 22.2. The zero-order valence-corrected chi connectivity index (χ0v) is 37.6. The molecule has 0 N–H and O–H groups in total. The van der Waals surface area contributed by atoms with E-state index in [0.717, 1.165) is 32.9 Å². The van der Waals surface area contributed by atoms with E-state index in [1.807, 2.05) is 117 Å². The topological polar surface area (TPSA) is 35.9 Å². The van der Waals surface area contributed by atoms with Crippen molar-refractivity contribution in [1.82, 2.24) is 14.1 Å². The third kappa shape index (κ3) is 7.87. The van der Waals surface area contributed by atoms with Crippen LogP contribution in [0.2, 0.25) is 0 Å². The lowest BCUT2D eigenvalue weighted by Gasteiger charge is -2.19. The van der Waals surface area contributed by atoms with Crippen LogP contribution in [-0.4, -0.2) is 14.1 Å². The largest absolute Gasteiger partial charge is 0.458 e. The molecule has 0 aliphatic heterocycles. The Morgan fingerprint density at radius 3 is 2.03 bits per heavy atom. The van der Waals surface area contributed by atoms with Gasteiger partial charge in [-0.1, -0.05) is 180 Å². The summed E-state index contributed by atoms with van der Waals surface area (Å²) in [5.41, 5.74) is 6.71. The maximum absolute atomic E-state index is 9.39. The second kappa shape index (κ2) is 17.1. The minimum atomic E-state index is -1.71. The minimum Gasteiger partial charge on any atom is -0.458 e. The molecule has 67 heavy (non-hydrogen) atoms. The number of fused-ring (bicyclic) bond motifs is 4. The van der Waals surface area contributed by atoms with Crippen LogP contribution in [0.3, 0.4) is 0 Å². The van der Waals surface area contributed by atoms with E-state index < -0.39 is 66.8 Å². The molecule has 0 atom stereocenters. The lowest BCUT2D eigenvalue weighted by atomic mass is 9.86. The predicted molar refractivity (Wildman–Crippen MR) is 276 cm³/mol. The van der Waals surface area contributed by atoms with Crippen LogP contribution >= 0.6 is 0 Å². The summed E-state index contributed by atoms with van der Waals surface area (Å²) in [6.07, 6.45) is 3.50. The predicted octanol–water partition coefficient (Wildman–Crippen LogP) is 15.5. The summed E-state index contributed by atoms with van der Waals surface area (Å²) in [5, 5.41) is 1.96. The Balaban J connectivity index is 1.08. The van der Waals surface area contributed by atoms with Crippen molar-refractivity contribution in [2.45, 2.75) is 46.4 Å². The van der Waals surface area contributed by atoms with Gasteiger partial charge in [-0.15, -0.1) is 0 Å². The van der Waals surface area contributed by atoms with Crippen LogP contribution in [0, 0.1) is 12.2 Å². The zero-order chi connectivity index (χ0) is 56.1. The Morgan fingerprint density at radius 1 is 0.627 bits per heavy atom. The van der Waals surface area contributed by atoms with Crippen LogP contribution in [0.15, 0.2) is 206 Å². The number of para-hydroxylation sites is 3. The second-order valence-electron chi connectivity index (χ2n) is 17.8. The second-order valence-corrected chi connectivity index (χ2v) is 17.8. The number of hydrogen-bond acceptors (Lipinski definition) is 2. The zero-order valence-electron chi connectivity index (χ0n) is 49.6. The molecular formula is C62H52N4O. The summed E-state index contributed by atoms with van der Waals surface area (Å²) in [7, 11) is 0. The number of benzene rings is 8. The SMILES string of the molecule is [2H]c1c([2H])c([2H])c(-c2cccc(-c3c([2H])c([2H])c([2H])c([2H])c3[2H])c2-[n+]2[c-]n(-c3cccc(Oc4ccc5c6cc(C(C)(C)C)ccc6n(-c6cc(C([2H])([2H])C(C)C)c(-c7ccccc7)cn6)c5c4)c3)c3ccccc32)c([2H])c1[2H]. The van der Waals surface area contributed by atoms with Gasteiger partial charge in [0.25, 0.3) is 6.33 Å². The molecule has 0 saturated carbocycles. The Labute approximate surface area is 409 Å². The Kier molecular flexibility index (Phi) is 7.71. The van der Waals surface area contributed by atoms with Gasteiger partial charge in [0.15, 0.2) is 0 Å². The molecule has 11 aromatic rings. The third-order valence-corrected chi connectivity index (χ3v) is 11.9. The maximum Gasteiger partial charge on any atom is 0.269 e. The number of imidazole rings is 1. The van der Waals surface area contributed by atoms with Gasteiger partial charge in [0.05, 0.1) is 47.1 Å². The fraction of sp³-hybridized carbons (Fsp3) is 0.129. The molecule has 11 rings (SSSR count). The number of ether oxygens (including phenoxy) is 1. The van der Waals surface area contributed by atoms with Crippen molar-refractivity contribution in [3.8, 4) is 62.1 Å². The highest BCUT2D eigenvalue weighted by Gasteiger charge is 2.22. The molecule has 3 aromatic heterocycles. The van der Waals surface area contributed by atoms with Gasteiger partial charge in [-0.2, -0.15) is 0 Å². The summed E-state index contributed by atoms with van der Waals surface area (Å²) < 4.78 is 118. The molecule has 0 bridgehead atoms. The van der Waals surface area contributed by atoms with Crippen LogP contribution < -0.4 is 9.30 Å². The number of pyridine rings is 1. The fourth-order valence-corrected chi connectivity index (χ4v) is 8.82. The van der Waals surface area contributed by atoms with Crippen LogP contribution in [0.25, 0.3) is 83.4 Å². The standard InChI is InChI=1S/C62H52N4O/c1-42(2)35-46-36-60(63-40-55(46)45-23-13-8-14-24-45)66-56-34-31-47(62(3,4)5)37-54(56)53-33-32-50(39-59(53)66)67-49-26-17-25-48(38-49)64-41-65(58-30-16-15-29-57(58)64)61-51(43-19-9-6-10-20-43)27-18-28-52(61)44-21-11-7-12-22-44/h6-34,36-40,42H,35H2,1-5H3/i6D,7D,9D,10D,11D,12D,19D,20D,21D,22D,35D2. The molecule has 326 valence electrons. The summed E-state index contributed by atoms with van der Waals surface area (Å²) in [4.78, 5) is 5.06. The molecule has 3 heterocycles. The van der Waals surface area contributed by atoms with E-state index in [0.29, 0.717) is 45.2 Å². The van der Waals surface area contributed by atoms with Crippen LogP contribution in [-0.2, 0) is 11.8 Å². The molecule has 5 nitrogen and oxygen atoms in total. The average Bonchev–Trinajstić information content (AvgIpc) is 3.97. The molecular weight excluding hydrogens is 817 g/mol. The molecule has 8 aromatic carbocycles. The number of nitrogens with zero attached hydrogens (tertiary/aromatic N) is 4. The van der Waals surface area contributed by atoms with Gasteiger partial charge in [0.2, 0.25) is 0 Å². The van der Waals surface area contributed by atoms with Gasteiger partial charge in [-0.05, 0) is 105 Å². The van der Waals surface area contributed by atoms with Crippen molar-refractivity contribution in [2.24, 2.45) is 5.92 Å². The Bertz CT molecular complexity index is 4150. The molecule has 0 unspecified atom stereocenters.